The molecule has 2 fully saturated rings. The highest BCUT2D eigenvalue weighted by Crippen LogP contribution is 2.50. The van der Waals surface area contributed by atoms with Gasteiger partial charge in [0.25, 0.3) is 5.56 Å². The van der Waals surface area contributed by atoms with Gasteiger partial charge in [0.15, 0.2) is 5.16 Å². The summed E-state index contributed by atoms with van der Waals surface area (Å²) < 4.78 is 8.04. The van der Waals surface area contributed by atoms with E-state index in [2.05, 4.69) is 44.7 Å². The Bertz CT molecular complexity index is 1110. The molecule has 2 heterocycles. The van der Waals surface area contributed by atoms with E-state index >= 15 is 0 Å². The Labute approximate surface area is 195 Å². The van der Waals surface area contributed by atoms with Gasteiger partial charge in [0.05, 0.1) is 16.9 Å². The lowest BCUT2D eigenvalue weighted by molar-refractivity contribution is -0.0710. The van der Waals surface area contributed by atoms with Crippen molar-refractivity contribution in [3.63, 3.8) is 0 Å². The SMILES string of the molecule is C=C(C)CSc1nc2c(c(=O)n1[C@H]1CCOC(C)(C)C1)C1(CCCC1)Cc1ccccc1-2. The van der Waals surface area contributed by atoms with Crippen LogP contribution in [0.1, 0.15) is 76.5 Å². The molecule has 1 atom stereocenters. The molecule has 5 rings (SSSR count). The Kier molecular flexibility index (Phi) is 5.61. The Balaban J connectivity index is 1.74. The van der Waals surface area contributed by atoms with Gasteiger partial charge in [-0.15, -0.1) is 0 Å². The first-order valence-corrected chi connectivity index (χ1v) is 12.9. The Hall–Kier alpha value is -1.85. The van der Waals surface area contributed by atoms with Gasteiger partial charge in [-0.2, -0.15) is 0 Å². The molecule has 2 aromatic rings. The molecule has 1 aromatic heterocycles. The molecule has 0 N–H and O–H groups in total. The van der Waals surface area contributed by atoms with E-state index in [0.717, 1.165) is 65.4 Å². The predicted octanol–water partition coefficient (Wildman–Crippen LogP) is 6.08. The molecule has 4 nitrogen and oxygen atoms in total. The molecule has 32 heavy (non-hydrogen) atoms. The van der Waals surface area contributed by atoms with Crippen LogP contribution < -0.4 is 5.56 Å². The van der Waals surface area contributed by atoms with E-state index in [-0.39, 0.29) is 22.6 Å². The molecule has 0 unspecified atom stereocenters. The molecule has 0 radical (unpaired) electrons. The highest BCUT2D eigenvalue weighted by atomic mass is 32.2. The van der Waals surface area contributed by atoms with Crippen LogP contribution in [-0.4, -0.2) is 27.5 Å². The van der Waals surface area contributed by atoms with Crippen LogP contribution in [0.15, 0.2) is 46.4 Å². The van der Waals surface area contributed by atoms with Crippen LogP contribution in [0, 0.1) is 0 Å². The fraction of sp³-hybridized carbons (Fsp3) is 0.556. The van der Waals surface area contributed by atoms with Crippen molar-refractivity contribution in [1.29, 1.82) is 0 Å². The molecule has 1 aromatic carbocycles. The zero-order chi connectivity index (χ0) is 22.5. The Morgan fingerprint density at radius 3 is 2.75 bits per heavy atom. The maximum absolute atomic E-state index is 14.4. The molecule has 1 saturated heterocycles. The zero-order valence-electron chi connectivity index (χ0n) is 19.6. The number of ether oxygens (including phenoxy) is 1. The maximum Gasteiger partial charge on any atom is 0.258 e. The van der Waals surface area contributed by atoms with Gasteiger partial charge in [0, 0.05) is 29.4 Å². The Morgan fingerprint density at radius 2 is 2.03 bits per heavy atom. The van der Waals surface area contributed by atoms with Crippen molar-refractivity contribution in [1.82, 2.24) is 9.55 Å². The van der Waals surface area contributed by atoms with E-state index in [9.17, 15) is 4.79 Å². The average Bonchev–Trinajstić information content (AvgIpc) is 3.19. The number of thioether (sulfide) groups is 1. The highest BCUT2D eigenvalue weighted by Gasteiger charge is 2.45. The van der Waals surface area contributed by atoms with Gasteiger partial charge in [0.1, 0.15) is 0 Å². The molecular formula is C27H34N2O2S. The summed E-state index contributed by atoms with van der Waals surface area (Å²) in [5.74, 6) is 0.768. The standard InChI is InChI=1S/C27H34N2O2S/c1-18(2)17-32-25-28-23-21-10-6-5-9-19(21)15-27(12-7-8-13-27)22(23)24(30)29(25)20-11-14-31-26(3,4)16-20/h5-6,9-10,20H,1,7-8,11-17H2,2-4H3/t20-/m0/s1. The molecule has 0 amide bonds. The molecule has 5 heteroatoms. The first kappa shape index (κ1) is 22.0. The van der Waals surface area contributed by atoms with Crippen molar-refractivity contribution in [2.45, 2.75) is 87.9 Å². The summed E-state index contributed by atoms with van der Waals surface area (Å²) in [5.41, 5.74) is 5.40. The number of fused-ring (bicyclic) bond motifs is 4. The van der Waals surface area contributed by atoms with Gasteiger partial charge in [-0.3, -0.25) is 9.36 Å². The molecule has 3 aliphatic rings. The summed E-state index contributed by atoms with van der Waals surface area (Å²) in [5, 5.41) is 0.837. The van der Waals surface area contributed by atoms with Crippen molar-refractivity contribution in [3.05, 3.63) is 57.9 Å². The minimum absolute atomic E-state index is 0.0618. The lowest BCUT2D eigenvalue weighted by Gasteiger charge is -2.40. The summed E-state index contributed by atoms with van der Waals surface area (Å²) in [4.78, 5) is 19.7. The van der Waals surface area contributed by atoms with Crippen molar-refractivity contribution >= 4 is 11.8 Å². The molecule has 170 valence electrons. The minimum Gasteiger partial charge on any atom is -0.375 e. The summed E-state index contributed by atoms with van der Waals surface area (Å²) >= 11 is 1.65. The fourth-order valence-electron chi connectivity index (χ4n) is 6.06. The summed E-state index contributed by atoms with van der Waals surface area (Å²) in [6.45, 7) is 11.1. The monoisotopic (exact) mass is 450 g/mol. The predicted molar refractivity (Wildman–Crippen MR) is 132 cm³/mol. The van der Waals surface area contributed by atoms with Crippen LogP contribution in [0.3, 0.4) is 0 Å². The van der Waals surface area contributed by atoms with Crippen LogP contribution in [0.4, 0.5) is 0 Å². The van der Waals surface area contributed by atoms with E-state index in [1.807, 2.05) is 11.5 Å². The van der Waals surface area contributed by atoms with Crippen LogP contribution in [0.2, 0.25) is 0 Å². The minimum atomic E-state index is -0.230. The largest absolute Gasteiger partial charge is 0.375 e. The van der Waals surface area contributed by atoms with E-state index in [1.54, 1.807) is 11.8 Å². The normalized spacial score (nSPS) is 23.0. The van der Waals surface area contributed by atoms with Gasteiger partial charge >= 0.3 is 0 Å². The summed E-state index contributed by atoms with van der Waals surface area (Å²) in [6, 6.07) is 8.69. The van der Waals surface area contributed by atoms with Gasteiger partial charge in [0.2, 0.25) is 0 Å². The van der Waals surface area contributed by atoms with E-state index in [4.69, 9.17) is 9.72 Å². The Morgan fingerprint density at radius 1 is 1.28 bits per heavy atom. The molecular weight excluding hydrogens is 416 g/mol. The van der Waals surface area contributed by atoms with E-state index in [0.29, 0.717) is 6.61 Å². The lowest BCUT2D eigenvalue weighted by atomic mass is 9.68. The third-order valence-corrected chi connectivity index (χ3v) is 8.64. The molecule has 2 aliphatic carbocycles. The molecule has 0 bridgehead atoms. The topological polar surface area (TPSA) is 44.1 Å². The van der Waals surface area contributed by atoms with E-state index < -0.39 is 0 Å². The number of benzene rings is 1. The fourth-order valence-corrected chi connectivity index (χ4v) is 6.96. The third kappa shape index (κ3) is 3.77. The van der Waals surface area contributed by atoms with Crippen molar-refractivity contribution in [3.8, 4) is 11.3 Å². The number of nitrogens with zero attached hydrogens (tertiary/aromatic N) is 2. The molecule has 1 saturated carbocycles. The lowest BCUT2D eigenvalue weighted by Crippen LogP contribution is -2.44. The smallest absolute Gasteiger partial charge is 0.258 e. The summed E-state index contributed by atoms with van der Waals surface area (Å²) in [6.07, 6.45) is 7.21. The first-order valence-electron chi connectivity index (χ1n) is 12.0. The highest BCUT2D eigenvalue weighted by molar-refractivity contribution is 7.99. The quantitative estimate of drug-likeness (QED) is 0.322. The second-order valence-corrected chi connectivity index (χ2v) is 11.6. The third-order valence-electron chi connectivity index (χ3n) is 7.46. The second-order valence-electron chi connectivity index (χ2n) is 10.6. The maximum atomic E-state index is 14.4. The molecule has 1 spiro atoms. The van der Waals surface area contributed by atoms with Crippen molar-refractivity contribution in [2.75, 3.05) is 12.4 Å². The zero-order valence-corrected chi connectivity index (χ0v) is 20.4. The number of hydrogen-bond donors (Lipinski definition) is 0. The van der Waals surface area contributed by atoms with Gasteiger partial charge in [-0.05, 0) is 58.4 Å². The number of aromatic nitrogens is 2. The van der Waals surface area contributed by atoms with Gasteiger partial charge < -0.3 is 4.74 Å². The summed E-state index contributed by atoms with van der Waals surface area (Å²) in [7, 11) is 0. The van der Waals surface area contributed by atoms with Crippen molar-refractivity contribution < 1.29 is 4.74 Å². The van der Waals surface area contributed by atoms with Gasteiger partial charge in [-0.25, -0.2) is 4.98 Å². The van der Waals surface area contributed by atoms with Crippen LogP contribution in [0.25, 0.3) is 11.3 Å². The number of rotatable bonds is 4. The van der Waals surface area contributed by atoms with E-state index in [1.165, 1.54) is 18.4 Å². The molecule has 1 aliphatic heterocycles. The van der Waals surface area contributed by atoms with Crippen LogP contribution in [-0.2, 0) is 16.6 Å². The number of hydrogen-bond acceptors (Lipinski definition) is 4. The van der Waals surface area contributed by atoms with Crippen LogP contribution >= 0.6 is 11.8 Å². The average molecular weight is 451 g/mol. The first-order chi connectivity index (χ1) is 15.3. The van der Waals surface area contributed by atoms with Crippen LogP contribution in [0.5, 0.6) is 0 Å². The van der Waals surface area contributed by atoms with Crippen molar-refractivity contribution in [2.24, 2.45) is 0 Å². The van der Waals surface area contributed by atoms with Gasteiger partial charge in [-0.1, -0.05) is 61.0 Å². The second kappa shape index (κ2) is 8.18.